The molecule has 1 aromatic carbocycles. The van der Waals surface area contributed by atoms with Crippen molar-refractivity contribution in [2.75, 3.05) is 0 Å². The topological polar surface area (TPSA) is 0 Å². The van der Waals surface area contributed by atoms with E-state index in [2.05, 4.69) is 18.8 Å². The Balaban J connectivity index is 2.32. The third kappa shape index (κ3) is 5.50. The van der Waals surface area contributed by atoms with Crippen LogP contribution in [-0.2, 0) is 0 Å². The van der Waals surface area contributed by atoms with Gasteiger partial charge in [-0.25, -0.2) is 0 Å². The molecular weight excluding hydrogens is 204 g/mol. The summed E-state index contributed by atoms with van der Waals surface area (Å²) < 4.78 is 0. The molecule has 0 saturated heterocycles. The van der Waals surface area contributed by atoms with Crippen molar-refractivity contribution in [3.63, 3.8) is 0 Å². The van der Waals surface area contributed by atoms with Gasteiger partial charge in [0.2, 0.25) is 0 Å². The van der Waals surface area contributed by atoms with Gasteiger partial charge >= 0.3 is 0 Å². The minimum atomic E-state index is 0.757. The van der Waals surface area contributed by atoms with Crippen molar-refractivity contribution in [2.24, 2.45) is 0 Å². The van der Waals surface area contributed by atoms with Gasteiger partial charge in [0, 0.05) is 17.0 Å². The first kappa shape index (κ1) is 12.1. The van der Waals surface area contributed by atoms with Crippen LogP contribution in [0.3, 0.4) is 0 Å². The average molecular weight is 221 g/mol. The lowest BCUT2D eigenvalue weighted by atomic mass is 10.1. The standard InChI is InChI=1S/C14H17Cl/c1-2-3-4-5-6-7-9-13-10-8-11-14(15)12-13/h8,10-12H,2-6H2,1H3. The third-order valence-electron chi connectivity index (χ3n) is 2.21. The van der Waals surface area contributed by atoms with Crippen molar-refractivity contribution < 1.29 is 0 Å². The summed E-state index contributed by atoms with van der Waals surface area (Å²) in [7, 11) is 0. The molecule has 0 N–H and O–H groups in total. The van der Waals surface area contributed by atoms with Crippen LogP contribution in [0.1, 0.15) is 44.6 Å². The van der Waals surface area contributed by atoms with E-state index in [0.29, 0.717) is 0 Å². The zero-order valence-corrected chi connectivity index (χ0v) is 9.98. The molecule has 1 rings (SSSR count). The molecule has 0 atom stereocenters. The Bertz CT molecular complexity index is 344. The fraction of sp³-hybridized carbons (Fsp3) is 0.429. The van der Waals surface area contributed by atoms with E-state index in [-0.39, 0.29) is 0 Å². The normalized spacial score (nSPS) is 9.47. The summed E-state index contributed by atoms with van der Waals surface area (Å²) in [4.78, 5) is 0. The van der Waals surface area contributed by atoms with Crippen LogP contribution in [0.5, 0.6) is 0 Å². The maximum Gasteiger partial charge on any atom is 0.0418 e. The summed E-state index contributed by atoms with van der Waals surface area (Å²) in [5.74, 6) is 6.31. The van der Waals surface area contributed by atoms with Crippen LogP contribution in [0, 0.1) is 11.8 Å². The molecule has 0 aliphatic carbocycles. The monoisotopic (exact) mass is 220 g/mol. The van der Waals surface area contributed by atoms with E-state index < -0.39 is 0 Å². The molecule has 0 aromatic heterocycles. The highest BCUT2D eigenvalue weighted by Crippen LogP contribution is 2.09. The van der Waals surface area contributed by atoms with Crippen molar-refractivity contribution in [1.29, 1.82) is 0 Å². The lowest BCUT2D eigenvalue weighted by Gasteiger charge is -1.93. The zero-order valence-electron chi connectivity index (χ0n) is 9.22. The second kappa shape index (κ2) is 7.37. The molecule has 1 aromatic rings. The number of benzene rings is 1. The van der Waals surface area contributed by atoms with Gasteiger partial charge in [-0.1, -0.05) is 55.7 Å². The van der Waals surface area contributed by atoms with Gasteiger partial charge in [0.1, 0.15) is 0 Å². The number of rotatable bonds is 4. The first-order valence-corrected chi connectivity index (χ1v) is 5.95. The lowest BCUT2D eigenvalue weighted by molar-refractivity contribution is 0.679. The van der Waals surface area contributed by atoms with Crippen molar-refractivity contribution in [1.82, 2.24) is 0 Å². The van der Waals surface area contributed by atoms with E-state index >= 15 is 0 Å². The minimum absolute atomic E-state index is 0.757. The van der Waals surface area contributed by atoms with Gasteiger partial charge in [-0.3, -0.25) is 0 Å². The summed E-state index contributed by atoms with van der Waals surface area (Å²) in [6, 6.07) is 7.70. The summed E-state index contributed by atoms with van der Waals surface area (Å²) in [5, 5.41) is 0.757. The first-order valence-electron chi connectivity index (χ1n) is 5.57. The van der Waals surface area contributed by atoms with Crippen LogP contribution >= 0.6 is 11.6 Å². The van der Waals surface area contributed by atoms with Gasteiger partial charge in [-0.15, -0.1) is 0 Å². The van der Waals surface area contributed by atoms with E-state index in [1.54, 1.807) is 0 Å². The van der Waals surface area contributed by atoms with Gasteiger partial charge in [-0.05, 0) is 24.6 Å². The molecule has 1 heteroatoms. The SMILES string of the molecule is CCCCCCC#Cc1cccc(Cl)c1. The largest absolute Gasteiger partial charge is 0.0979 e. The number of unbranched alkanes of at least 4 members (excludes halogenated alkanes) is 4. The molecular formula is C14H17Cl. The number of hydrogen-bond donors (Lipinski definition) is 0. The van der Waals surface area contributed by atoms with Gasteiger partial charge in [-0.2, -0.15) is 0 Å². The molecule has 0 aliphatic rings. The van der Waals surface area contributed by atoms with Crippen LogP contribution in [-0.4, -0.2) is 0 Å². The average Bonchev–Trinajstić information content (AvgIpc) is 2.23. The van der Waals surface area contributed by atoms with Gasteiger partial charge in [0.15, 0.2) is 0 Å². The summed E-state index contributed by atoms with van der Waals surface area (Å²) in [5.41, 5.74) is 1.01. The van der Waals surface area contributed by atoms with Crippen molar-refractivity contribution >= 4 is 11.6 Å². The molecule has 0 radical (unpaired) electrons. The predicted molar refractivity (Wildman–Crippen MR) is 67.1 cm³/mol. The number of hydrogen-bond acceptors (Lipinski definition) is 0. The van der Waals surface area contributed by atoms with E-state index in [1.807, 2.05) is 24.3 Å². The Morgan fingerprint density at radius 1 is 1.20 bits per heavy atom. The Kier molecular flexibility index (Phi) is 5.97. The van der Waals surface area contributed by atoms with Crippen LogP contribution in [0.25, 0.3) is 0 Å². The van der Waals surface area contributed by atoms with Crippen LogP contribution < -0.4 is 0 Å². The molecule has 0 aliphatic heterocycles. The maximum atomic E-state index is 5.86. The zero-order chi connectivity index (χ0) is 10.9. The van der Waals surface area contributed by atoms with Gasteiger partial charge in [0.05, 0.1) is 0 Å². The summed E-state index contributed by atoms with van der Waals surface area (Å²) in [6.07, 6.45) is 6.09. The number of halogens is 1. The fourth-order valence-corrected chi connectivity index (χ4v) is 1.56. The molecule has 0 saturated carbocycles. The summed E-state index contributed by atoms with van der Waals surface area (Å²) >= 11 is 5.86. The molecule has 15 heavy (non-hydrogen) atoms. The van der Waals surface area contributed by atoms with Crippen molar-refractivity contribution in [3.05, 3.63) is 34.9 Å². The van der Waals surface area contributed by atoms with E-state index in [0.717, 1.165) is 17.0 Å². The van der Waals surface area contributed by atoms with Crippen LogP contribution in [0.15, 0.2) is 24.3 Å². The Hall–Kier alpha value is -0.930. The molecule has 80 valence electrons. The van der Waals surface area contributed by atoms with Gasteiger partial charge < -0.3 is 0 Å². The maximum absolute atomic E-state index is 5.86. The smallest absolute Gasteiger partial charge is 0.0418 e. The molecule has 0 nitrogen and oxygen atoms in total. The molecule has 0 heterocycles. The Morgan fingerprint density at radius 3 is 2.80 bits per heavy atom. The Morgan fingerprint density at radius 2 is 2.07 bits per heavy atom. The second-order valence-electron chi connectivity index (χ2n) is 3.62. The van der Waals surface area contributed by atoms with Gasteiger partial charge in [0.25, 0.3) is 0 Å². The van der Waals surface area contributed by atoms with E-state index in [4.69, 9.17) is 11.6 Å². The highest BCUT2D eigenvalue weighted by molar-refractivity contribution is 6.30. The molecule has 0 fully saturated rings. The molecule has 0 unspecified atom stereocenters. The summed E-state index contributed by atoms with van der Waals surface area (Å²) in [6.45, 7) is 2.22. The third-order valence-corrected chi connectivity index (χ3v) is 2.45. The molecule has 0 amide bonds. The quantitative estimate of drug-likeness (QED) is 0.511. The molecule has 0 spiro atoms. The first-order chi connectivity index (χ1) is 7.33. The van der Waals surface area contributed by atoms with Crippen LogP contribution in [0.4, 0.5) is 0 Å². The lowest BCUT2D eigenvalue weighted by Crippen LogP contribution is -1.76. The second-order valence-corrected chi connectivity index (χ2v) is 4.06. The Labute approximate surface area is 97.7 Å². The van der Waals surface area contributed by atoms with Crippen molar-refractivity contribution in [2.45, 2.75) is 39.0 Å². The van der Waals surface area contributed by atoms with Crippen molar-refractivity contribution in [3.8, 4) is 11.8 Å². The van der Waals surface area contributed by atoms with Crippen LogP contribution in [0.2, 0.25) is 5.02 Å². The fourth-order valence-electron chi connectivity index (χ4n) is 1.37. The predicted octanol–water partition coefficient (Wildman–Crippen LogP) is 4.66. The highest BCUT2D eigenvalue weighted by atomic mass is 35.5. The highest BCUT2D eigenvalue weighted by Gasteiger charge is 1.88. The minimum Gasteiger partial charge on any atom is -0.0979 e. The van der Waals surface area contributed by atoms with E-state index in [9.17, 15) is 0 Å². The van der Waals surface area contributed by atoms with E-state index in [1.165, 1.54) is 25.7 Å². The molecule has 0 bridgehead atoms.